The summed E-state index contributed by atoms with van der Waals surface area (Å²) < 4.78 is 2.39. The number of hydrogen-bond acceptors (Lipinski definition) is 1. The van der Waals surface area contributed by atoms with E-state index in [1.165, 1.54) is 87.1 Å². The van der Waals surface area contributed by atoms with Crippen LogP contribution in [0.1, 0.15) is 0 Å². The molecule has 69 heavy (non-hydrogen) atoms. The van der Waals surface area contributed by atoms with Crippen LogP contribution in [0.3, 0.4) is 0 Å². The second kappa shape index (κ2) is 16.8. The lowest BCUT2D eigenvalue weighted by molar-refractivity contribution is 1.18. The van der Waals surface area contributed by atoms with Gasteiger partial charge in [-0.25, -0.2) is 0 Å². The minimum Gasteiger partial charge on any atom is -0.311 e. The summed E-state index contributed by atoms with van der Waals surface area (Å²) >= 11 is 0. The predicted octanol–water partition coefficient (Wildman–Crippen LogP) is 14.6. The first-order valence-corrected chi connectivity index (χ1v) is 25.8. The Morgan fingerprint density at radius 1 is 0.275 bits per heavy atom. The molecule has 324 valence electrons. The first kappa shape index (κ1) is 40.5. The van der Waals surface area contributed by atoms with Crippen molar-refractivity contribution in [2.75, 3.05) is 4.90 Å². The largest absolute Gasteiger partial charge is 0.311 e. The highest BCUT2D eigenvalue weighted by Gasteiger charge is 2.48. The zero-order chi connectivity index (χ0) is 45.7. The van der Waals surface area contributed by atoms with Crippen LogP contribution in [0.25, 0.3) is 72.0 Å². The number of anilines is 3. The summed E-state index contributed by atoms with van der Waals surface area (Å²) in [5, 5.41) is 8.27. The molecule has 0 saturated heterocycles. The monoisotopic (exact) mass is 894 g/mol. The normalized spacial score (nSPS) is 12.5. The average molecular weight is 895 g/mol. The zero-order valence-corrected chi connectivity index (χ0v) is 39.0. The van der Waals surface area contributed by atoms with Crippen molar-refractivity contribution in [1.82, 2.24) is 4.57 Å². The van der Waals surface area contributed by atoms with E-state index >= 15 is 0 Å². The number of fused-ring (bicyclic) bond motifs is 6. The Morgan fingerprint density at radius 2 is 0.681 bits per heavy atom. The van der Waals surface area contributed by atoms with Crippen molar-refractivity contribution in [3.63, 3.8) is 0 Å². The first-order chi connectivity index (χ1) is 34.2. The molecule has 0 fully saturated rings. The van der Waals surface area contributed by atoms with Gasteiger partial charge in [0.2, 0.25) is 0 Å². The molecule has 0 amide bonds. The smallest absolute Gasteiger partial charge is 0.180 e. The molecule has 0 atom stereocenters. The number of para-hydroxylation sites is 2. The van der Waals surface area contributed by atoms with E-state index < -0.39 is 8.07 Å². The van der Waals surface area contributed by atoms with E-state index in [2.05, 4.69) is 289 Å². The van der Waals surface area contributed by atoms with Gasteiger partial charge in [-0.3, -0.25) is 0 Å². The number of hydrogen-bond donors (Lipinski definition) is 0. The minimum atomic E-state index is -2.54. The van der Waals surface area contributed by atoms with Crippen LogP contribution in [-0.4, -0.2) is 12.6 Å². The molecular weight excluding hydrogens is 849 g/mol. The maximum absolute atomic E-state index is 2.54. The molecule has 3 heteroatoms. The van der Waals surface area contributed by atoms with Gasteiger partial charge in [0.15, 0.2) is 8.07 Å². The fourth-order valence-corrected chi connectivity index (χ4v) is 16.3. The molecular formula is C66H46N2Si. The molecule has 2 heterocycles. The number of rotatable bonds is 9. The van der Waals surface area contributed by atoms with Crippen LogP contribution in [0.15, 0.2) is 279 Å². The Labute approximate surface area is 404 Å². The van der Waals surface area contributed by atoms with E-state index in [9.17, 15) is 0 Å². The lowest BCUT2D eigenvalue weighted by atomic mass is 9.98. The summed E-state index contributed by atoms with van der Waals surface area (Å²) in [5.41, 5.74) is 16.7. The van der Waals surface area contributed by atoms with E-state index in [0.29, 0.717) is 0 Å². The number of aromatic nitrogens is 1. The summed E-state index contributed by atoms with van der Waals surface area (Å²) in [6, 6.07) is 103. The van der Waals surface area contributed by atoms with Gasteiger partial charge in [0.1, 0.15) is 0 Å². The quantitative estimate of drug-likeness (QED) is 0.131. The van der Waals surface area contributed by atoms with Crippen molar-refractivity contribution in [3.05, 3.63) is 279 Å². The van der Waals surface area contributed by atoms with Crippen LogP contribution in [0.2, 0.25) is 0 Å². The lowest BCUT2D eigenvalue weighted by Gasteiger charge is -2.31. The van der Waals surface area contributed by atoms with Gasteiger partial charge in [-0.05, 0) is 132 Å². The van der Waals surface area contributed by atoms with Crippen molar-refractivity contribution in [3.8, 4) is 50.2 Å². The van der Waals surface area contributed by atoms with Crippen molar-refractivity contribution in [2.24, 2.45) is 0 Å². The maximum Gasteiger partial charge on any atom is 0.180 e. The standard InChI is InChI=1S/C66H46N2Si/c1-4-17-47(18-5-1)48-31-38-53(39-32-48)67(54-40-33-49(34-41-54)51-19-16-20-56(45-51)68-63-28-13-10-25-59(63)60-26-11-14-29-64(60)68)55-42-35-50(36-43-55)52-37-44-66-62(46-52)61-27-12-15-30-65(61)69(66,57-21-6-2-7-22-57)58-23-8-3-9-24-58/h1-46H. The molecule has 1 aromatic heterocycles. The first-order valence-electron chi connectivity index (χ1n) is 23.8. The lowest BCUT2D eigenvalue weighted by Crippen LogP contribution is -2.72. The number of nitrogens with zero attached hydrogens (tertiary/aromatic N) is 2. The van der Waals surface area contributed by atoms with Gasteiger partial charge >= 0.3 is 0 Å². The Kier molecular flexibility index (Phi) is 9.88. The van der Waals surface area contributed by atoms with Gasteiger partial charge in [-0.1, -0.05) is 212 Å². The Bertz CT molecular complexity index is 3710. The Balaban J connectivity index is 0.875. The molecule has 1 aliphatic heterocycles. The molecule has 0 N–H and O–H groups in total. The van der Waals surface area contributed by atoms with Crippen LogP contribution < -0.4 is 25.6 Å². The average Bonchev–Trinajstić information content (AvgIpc) is 3.93. The van der Waals surface area contributed by atoms with Gasteiger partial charge < -0.3 is 9.47 Å². The van der Waals surface area contributed by atoms with Gasteiger partial charge in [0, 0.05) is 33.5 Å². The molecule has 0 radical (unpaired) electrons. The van der Waals surface area contributed by atoms with Crippen molar-refractivity contribution in [1.29, 1.82) is 0 Å². The third-order valence-corrected chi connectivity index (χ3v) is 19.2. The molecule has 1 aliphatic rings. The van der Waals surface area contributed by atoms with Crippen molar-refractivity contribution in [2.45, 2.75) is 0 Å². The zero-order valence-electron chi connectivity index (χ0n) is 38.0. The SMILES string of the molecule is c1ccc(-c2ccc(N(c3ccc(-c4cccc(-n5c6ccccc6c6ccccc65)c4)cc3)c3ccc(-c4ccc5c(c4)-c4ccccc4[Si]5(c4ccccc4)c4ccccc4)cc3)cc2)cc1. The van der Waals surface area contributed by atoms with Gasteiger partial charge in [-0.15, -0.1) is 0 Å². The van der Waals surface area contributed by atoms with Crippen molar-refractivity contribution >= 4 is 67.7 Å². The van der Waals surface area contributed by atoms with Crippen LogP contribution in [0, 0.1) is 0 Å². The highest BCUT2D eigenvalue weighted by molar-refractivity contribution is 7.22. The second-order valence-electron chi connectivity index (χ2n) is 18.1. The van der Waals surface area contributed by atoms with E-state index in [-0.39, 0.29) is 0 Å². The molecule has 0 spiro atoms. The maximum atomic E-state index is 2.44. The van der Waals surface area contributed by atoms with Crippen LogP contribution >= 0.6 is 0 Å². The Hall–Kier alpha value is -8.76. The predicted molar refractivity (Wildman–Crippen MR) is 294 cm³/mol. The van der Waals surface area contributed by atoms with Crippen LogP contribution in [0.4, 0.5) is 17.1 Å². The van der Waals surface area contributed by atoms with Crippen molar-refractivity contribution < 1.29 is 0 Å². The molecule has 0 saturated carbocycles. The molecule has 12 aromatic rings. The van der Waals surface area contributed by atoms with E-state index in [0.717, 1.165) is 22.7 Å². The van der Waals surface area contributed by atoms with E-state index in [1.807, 2.05) is 0 Å². The fraction of sp³-hybridized carbons (Fsp3) is 0. The summed E-state index contributed by atoms with van der Waals surface area (Å²) in [4.78, 5) is 2.37. The molecule has 0 bridgehead atoms. The highest BCUT2D eigenvalue weighted by atomic mass is 28.3. The van der Waals surface area contributed by atoms with Crippen LogP contribution in [-0.2, 0) is 0 Å². The minimum absolute atomic E-state index is 1.09. The fourth-order valence-electron chi connectivity index (χ4n) is 11.1. The third-order valence-electron chi connectivity index (χ3n) is 14.3. The summed E-state index contributed by atoms with van der Waals surface area (Å²) in [7, 11) is -2.54. The molecule has 0 aliphatic carbocycles. The summed E-state index contributed by atoms with van der Waals surface area (Å²) in [6.45, 7) is 0. The van der Waals surface area contributed by atoms with Gasteiger partial charge in [0.25, 0.3) is 0 Å². The number of benzene rings is 11. The molecule has 0 unspecified atom stereocenters. The van der Waals surface area contributed by atoms with Crippen LogP contribution in [0.5, 0.6) is 0 Å². The Morgan fingerprint density at radius 3 is 1.25 bits per heavy atom. The summed E-state index contributed by atoms with van der Waals surface area (Å²) in [5.74, 6) is 0. The molecule has 11 aromatic carbocycles. The molecule has 2 nitrogen and oxygen atoms in total. The third kappa shape index (κ3) is 6.78. The second-order valence-corrected chi connectivity index (χ2v) is 21.8. The molecule has 13 rings (SSSR count). The van der Waals surface area contributed by atoms with E-state index in [1.54, 1.807) is 0 Å². The van der Waals surface area contributed by atoms with Gasteiger partial charge in [0.05, 0.1) is 11.0 Å². The topological polar surface area (TPSA) is 8.17 Å². The van der Waals surface area contributed by atoms with E-state index in [4.69, 9.17) is 0 Å². The van der Waals surface area contributed by atoms with Gasteiger partial charge in [-0.2, -0.15) is 0 Å². The summed E-state index contributed by atoms with van der Waals surface area (Å²) in [6.07, 6.45) is 0. The highest BCUT2D eigenvalue weighted by Crippen LogP contribution is 2.40.